The molecule has 0 aromatic carbocycles. The average Bonchev–Trinajstić information content (AvgIpc) is 3.15. The Morgan fingerprint density at radius 3 is 2.26 bits per heavy atom. The van der Waals surface area contributed by atoms with E-state index in [2.05, 4.69) is 20.8 Å². The van der Waals surface area contributed by atoms with E-state index in [1.807, 2.05) is 6.92 Å². The van der Waals surface area contributed by atoms with E-state index in [1.54, 1.807) is 0 Å². The first-order valence-electron chi connectivity index (χ1n) is 14.0. The summed E-state index contributed by atoms with van der Waals surface area (Å²) in [7, 11) is 0. The second kappa shape index (κ2) is 16.9. The fourth-order valence-electron chi connectivity index (χ4n) is 5.33. The molecule has 1 unspecified atom stereocenters. The lowest BCUT2D eigenvalue weighted by atomic mass is 9.79. The van der Waals surface area contributed by atoms with Crippen LogP contribution in [0.1, 0.15) is 124 Å². The third-order valence-corrected chi connectivity index (χ3v) is 7.60. The van der Waals surface area contributed by atoms with Crippen LogP contribution in [0.2, 0.25) is 0 Å². The van der Waals surface area contributed by atoms with Gasteiger partial charge in [0.1, 0.15) is 0 Å². The van der Waals surface area contributed by atoms with Crippen LogP contribution < -0.4 is 0 Å². The zero-order chi connectivity index (χ0) is 25.5. The largest absolute Gasteiger partial charge is 0.462 e. The van der Waals surface area contributed by atoms with Crippen LogP contribution >= 0.6 is 0 Å². The van der Waals surface area contributed by atoms with Gasteiger partial charge in [-0.3, -0.25) is 0 Å². The molecule has 1 saturated carbocycles. The van der Waals surface area contributed by atoms with E-state index < -0.39 is 11.8 Å². The van der Waals surface area contributed by atoms with Gasteiger partial charge < -0.3 is 24.8 Å². The second-order valence-corrected chi connectivity index (χ2v) is 11.2. The normalized spacial score (nSPS) is 22.6. The Morgan fingerprint density at radius 2 is 1.59 bits per heavy atom. The molecule has 0 heterocycles. The molecule has 0 aromatic heterocycles. The minimum Gasteiger partial charge on any atom is -0.462 e. The summed E-state index contributed by atoms with van der Waals surface area (Å²) in [6.45, 7) is 8.91. The molecule has 1 rings (SSSR count). The quantitative estimate of drug-likeness (QED) is 0.115. The first-order valence-corrected chi connectivity index (χ1v) is 14.0. The van der Waals surface area contributed by atoms with Gasteiger partial charge in [-0.1, -0.05) is 72.6 Å². The van der Waals surface area contributed by atoms with Crippen molar-refractivity contribution in [1.82, 2.24) is 0 Å². The van der Waals surface area contributed by atoms with E-state index in [4.69, 9.17) is 14.6 Å². The van der Waals surface area contributed by atoms with Crippen LogP contribution in [0.4, 0.5) is 0 Å². The first-order chi connectivity index (χ1) is 16.2. The molecule has 0 radical (unpaired) electrons. The van der Waals surface area contributed by atoms with Crippen LogP contribution in [-0.2, 0) is 14.3 Å². The Balaban J connectivity index is 2.41. The molecule has 6 nitrogen and oxygen atoms in total. The van der Waals surface area contributed by atoms with Crippen molar-refractivity contribution in [2.24, 2.45) is 17.3 Å². The van der Waals surface area contributed by atoms with Crippen molar-refractivity contribution >= 4 is 5.97 Å². The van der Waals surface area contributed by atoms with E-state index in [1.165, 1.54) is 38.5 Å². The highest BCUT2D eigenvalue weighted by Crippen LogP contribution is 2.40. The Bertz CT molecular complexity index is 537. The maximum absolute atomic E-state index is 12.3. The molecule has 0 aromatic rings. The van der Waals surface area contributed by atoms with Gasteiger partial charge in [0, 0.05) is 6.42 Å². The van der Waals surface area contributed by atoms with Gasteiger partial charge in [-0.2, -0.15) is 0 Å². The summed E-state index contributed by atoms with van der Waals surface area (Å²) >= 11 is 0. The molecule has 0 amide bonds. The van der Waals surface area contributed by atoms with Crippen LogP contribution in [0.5, 0.6) is 0 Å². The molecule has 1 aliphatic rings. The molecule has 1 aliphatic carbocycles. The lowest BCUT2D eigenvalue weighted by Crippen LogP contribution is -2.43. The zero-order valence-electron chi connectivity index (χ0n) is 22.5. The maximum Gasteiger partial charge on any atom is 0.366 e. The highest BCUT2D eigenvalue weighted by Gasteiger charge is 2.39. The zero-order valence-corrected chi connectivity index (χ0v) is 22.5. The second-order valence-electron chi connectivity index (χ2n) is 11.2. The van der Waals surface area contributed by atoms with E-state index >= 15 is 0 Å². The smallest absolute Gasteiger partial charge is 0.366 e. The number of aliphatic hydroxyl groups excluding tert-OH is 2. The molecular weight excluding hydrogens is 432 g/mol. The van der Waals surface area contributed by atoms with Crippen molar-refractivity contribution in [3.05, 3.63) is 0 Å². The van der Waals surface area contributed by atoms with Gasteiger partial charge in [0.05, 0.1) is 25.9 Å². The molecule has 34 heavy (non-hydrogen) atoms. The van der Waals surface area contributed by atoms with Crippen molar-refractivity contribution in [1.29, 1.82) is 0 Å². The maximum atomic E-state index is 12.3. The minimum atomic E-state index is -1.99. The molecule has 6 heteroatoms. The average molecular weight is 487 g/mol. The topological polar surface area (TPSA) is 96.2 Å². The summed E-state index contributed by atoms with van der Waals surface area (Å²) in [6, 6.07) is 0. The molecule has 0 bridgehead atoms. The lowest BCUT2D eigenvalue weighted by molar-refractivity contribution is -0.233. The number of rotatable bonds is 20. The number of esters is 1. The van der Waals surface area contributed by atoms with E-state index in [-0.39, 0.29) is 32.3 Å². The van der Waals surface area contributed by atoms with Gasteiger partial charge >= 0.3 is 5.97 Å². The third kappa shape index (κ3) is 11.8. The predicted octanol–water partition coefficient (Wildman–Crippen LogP) is 5.75. The van der Waals surface area contributed by atoms with E-state index in [0.717, 1.165) is 44.9 Å². The van der Waals surface area contributed by atoms with Gasteiger partial charge in [-0.05, 0) is 62.2 Å². The van der Waals surface area contributed by atoms with Gasteiger partial charge in [0.2, 0.25) is 0 Å². The van der Waals surface area contributed by atoms with Gasteiger partial charge in [-0.15, -0.1) is 0 Å². The van der Waals surface area contributed by atoms with Crippen molar-refractivity contribution < 1.29 is 29.6 Å². The van der Waals surface area contributed by atoms with Crippen molar-refractivity contribution in [3.63, 3.8) is 0 Å². The number of unbranched alkanes of at least 4 members (excludes halogenated alkanes) is 4. The fraction of sp³-hybridized carbons (Fsp3) is 0.964. The summed E-state index contributed by atoms with van der Waals surface area (Å²) in [6.07, 6.45) is 14.6. The summed E-state index contributed by atoms with van der Waals surface area (Å²) in [5.41, 5.74) is 0.412. The minimum absolute atomic E-state index is 0.107. The molecule has 0 spiro atoms. The number of ether oxygens (including phenoxy) is 2. The Kier molecular flexibility index (Phi) is 15.6. The van der Waals surface area contributed by atoms with Gasteiger partial charge in [-0.25, -0.2) is 4.79 Å². The Hall–Kier alpha value is -0.690. The monoisotopic (exact) mass is 486 g/mol. The molecule has 3 N–H and O–H groups in total. The number of aliphatic hydroxyl groups is 3. The standard InChI is InChI=1S/C28H54O6/c1-5-7-17-27(3,4)18-12-13-23-15-16-25(30)24(23)14-10-9-11-19-28(32,34-22-20-29)26(31)33-21-8-6-2/h23-25,29-30,32H,5-22H2,1-4H3/t23-,24+,25-,28?/m0/s1. The van der Waals surface area contributed by atoms with Crippen molar-refractivity contribution in [3.8, 4) is 0 Å². The number of carbonyl (C=O) groups excluding carboxylic acids is 1. The third-order valence-electron chi connectivity index (χ3n) is 7.60. The van der Waals surface area contributed by atoms with Gasteiger partial charge in [0.15, 0.2) is 0 Å². The van der Waals surface area contributed by atoms with Gasteiger partial charge in [0.25, 0.3) is 5.79 Å². The highest BCUT2D eigenvalue weighted by atomic mass is 16.7. The molecule has 0 aliphatic heterocycles. The molecule has 4 atom stereocenters. The molecule has 202 valence electrons. The summed E-state index contributed by atoms with van der Waals surface area (Å²) in [5.74, 6) is -1.78. The van der Waals surface area contributed by atoms with Crippen LogP contribution in [0.3, 0.4) is 0 Å². The highest BCUT2D eigenvalue weighted by molar-refractivity contribution is 5.77. The molecular formula is C28H54O6. The number of carbonyl (C=O) groups is 1. The Morgan fingerprint density at radius 1 is 0.882 bits per heavy atom. The molecule has 1 fully saturated rings. The number of hydrogen-bond acceptors (Lipinski definition) is 6. The summed E-state index contributed by atoms with van der Waals surface area (Å²) in [5, 5.41) is 30.3. The Labute approximate surface area is 208 Å². The first kappa shape index (κ1) is 31.3. The van der Waals surface area contributed by atoms with Crippen LogP contribution in [0.25, 0.3) is 0 Å². The molecule has 0 saturated heterocycles. The van der Waals surface area contributed by atoms with E-state index in [0.29, 0.717) is 23.7 Å². The van der Waals surface area contributed by atoms with Crippen molar-refractivity contribution in [2.45, 2.75) is 136 Å². The fourth-order valence-corrected chi connectivity index (χ4v) is 5.33. The van der Waals surface area contributed by atoms with Crippen LogP contribution in [0.15, 0.2) is 0 Å². The SMILES string of the molecule is CCCCOC(=O)C(O)(CCCCC[C@@H]1[C@@H](CCCC(C)(C)CCCC)CC[C@@H]1O)OCCO. The summed E-state index contributed by atoms with van der Waals surface area (Å²) in [4.78, 5) is 12.3. The lowest BCUT2D eigenvalue weighted by Gasteiger charge is -2.27. The van der Waals surface area contributed by atoms with E-state index in [9.17, 15) is 15.0 Å². The van der Waals surface area contributed by atoms with Crippen LogP contribution in [-0.4, -0.2) is 53.0 Å². The summed E-state index contributed by atoms with van der Waals surface area (Å²) < 4.78 is 10.4. The number of hydrogen-bond donors (Lipinski definition) is 3. The van der Waals surface area contributed by atoms with Crippen LogP contribution in [0, 0.1) is 17.3 Å². The van der Waals surface area contributed by atoms with Crippen molar-refractivity contribution in [2.75, 3.05) is 19.8 Å². The predicted molar refractivity (Wildman–Crippen MR) is 136 cm³/mol.